The third kappa shape index (κ3) is 6.69. The highest BCUT2D eigenvalue weighted by Gasteiger charge is 2.31. The van der Waals surface area contributed by atoms with Crippen LogP contribution in [0.4, 0.5) is 0 Å². The molecule has 30 heavy (non-hydrogen) atoms. The van der Waals surface area contributed by atoms with Crippen LogP contribution in [0, 0.1) is 5.92 Å². The van der Waals surface area contributed by atoms with E-state index in [2.05, 4.69) is 43.3 Å². The lowest BCUT2D eigenvalue weighted by atomic mass is 9.96. The Balaban J connectivity index is 1.22. The monoisotopic (exact) mass is 406 g/mol. The van der Waals surface area contributed by atoms with Crippen molar-refractivity contribution in [3.63, 3.8) is 0 Å². The number of Topliss-reactive ketones (excluding diaryl/α,β-unsaturated/α-hetero) is 1. The Labute approximate surface area is 184 Å². The van der Waals surface area contributed by atoms with Gasteiger partial charge < -0.3 is 0 Å². The molecule has 0 spiro atoms. The van der Waals surface area contributed by atoms with Crippen molar-refractivity contribution < 1.29 is 4.79 Å². The second-order valence-corrected chi connectivity index (χ2v) is 9.47. The number of hydrogen-bond acceptors (Lipinski definition) is 1. The third-order valence-electron chi connectivity index (χ3n) is 7.00. The number of carbonyl (C=O) groups is 1. The van der Waals surface area contributed by atoms with E-state index in [0.29, 0.717) is 5.78 Å². The fourth-order valence-corrected chi connectivity index (χ4v) is 5.16. The summed E-state index contributed by atoms with van der Waals surface area (Å²) in [5.74, 6) is 0.625. The van der Waals surface area contributed by atoms with E-state index in [9.17, 15) is 4.79 Å². The fourth-order valence-electron chi connectivity index (χ4n) is 5.16. The predicted octanol–water partition coefficient (Wildman–Crippen LogP) is 9.07. The highest BCUT2D eigenvalue weighted by molar-refractivity contribution is 6.12. The molecule has 1 unspecified atom stereocenters. The number of fused-ring (bicyclic) bond motifs is 3. The minimum absolute atomic E-state index is 0.225. The first kappa shape index (κ1) is 23.0. The average Bonchev–Trinajstić information content (AvgIpc) is 3.10. The van der Waals surface area contributed by atoms with Gasteiger partial charge in [-0.25, -0.2) is 0 Å². The van der Waals surface area contributed by atoms with Gasteiger partial charge in [0.25, 0.3) is 0 Å². The maximum atomic E-state index is 13.0. The maximum Gasteiger partial charge on any atom is 0.167 e. The van der Waals surface area contributed by atoms with Crippen molar-refractivity contribution >= 4 is 16.6 Å². The molecule has 164 valence electrons. The van der Waals surface area contributed by atoms with Crippen LogP contribution in [0.15, 0.2) is 36.4 Å². The summed E-state index contributed by atoms with van der Waals surface area (Å²) in [5, 5.41) is 2.35. The first-order valence-electron chi connectivity index (χ1n) is 12.9. The van der Waals surface area contributed by atoms with Crippen molar-refractivity contribution in [2.45, 2.75) is 110 Å². The summed E-state index contributed by atoms with van der Waals surface area (Å²) >= 11 is 0. The molecule has 3 rings (SSSR count). The minimum atomic E-state index is 0.225. The van der Waals surface area contributed by atoms with Gasteiger partial charge in [0.05, 0.1) is 0 Å². The Kier molecular flexibility index (Phi) is 9.93. The van der Waals surface area contributed by atoms with E-state index < -0.39 is 0 Å². The zero-order valence-electron chi connectivity index (χ0n) is 19.3. The summed E-state index contributed by atoms with van der Waals surface area (Å²) < 4.78 is 0. The van der Waals surface area contributed by atoms with E-state index in [1.54, 1.807) is 0 Å². The van der Waals surface area contributed by atoms with Crippen LogP contribution < -0.4 is 0 Å². The SMILES string of the molecule is CCCCCCCCCCCCCCCCC1Cc2ccc3ccccc3c2C1=O. The number of carbonyl (C=O) groups excluding carboxylic acids is 1. The zero-order chi connectivity index (χ0) is 21.0. The summed E-state index contributed by atoms with van der Waals surface area (Å²) in [6, 6.07) is 12.7. The first-order chi connectivity index (χ1) is 14.8. The molecule has 0 radical (unpaired) electrons. The zero-order valence-corrected chi connectivity index (χ0v) is 19.3. The molecule has 0 saturated carbocycles. The second kappa shape index (κ2) is 12.9. The van der Waals surface area contributed by atoms with Crippen LogP contribution in [0.1, 0.15) is 119 Å². The van der Waals surface area contributed by atoms with Crippen molar-refractivity contribution in [2.24, 2.45) is 5.92 Å². The molecule has 0 bridgehead atoms. The van der Waals surface area contributed by atoms with Crippen LogP contribution in [0.25, 0.3) is 10.8 Å². The van der Waals surface area contributed by atoms with Gasteiger partial charge in [-0.2, -0.15) is 0 Å². The Hall–Kier alpha value is -1.63. The molecule has 1 nitrogen and oxygen atoms in total. The Morgan fingerprint density at radius 2 is 1.27 bits per heavy atom. The molecule has 1 heteroatoms. The van der Waals surface area contributed by atoms with Crippen molar-refractivity contribution in [3.05, 3.63) is 47.5 Å². The molecule has 1 aliphatic carbocycles. The van der Waals surface area contributed by atoms with Crippen molar-refractivity contribution in [1.82, 2.24) is 0 Å². The van der Waals surface area contributed by atoms with Crippen LogP contribution in [-0.2, 0) is 6.42 Å². The van der Waals surface area contributed by atoms with Crippen LogP contribution >= 0.6 is 0 Å². The van der Waals surface area contributed by atoms with Gasteiger partial charge in [0, 0.05) is 11.5 Å². The molecule has 0 N–H and O–H groups in total. The van der Waals surface area contributed by atoms with Crippen LogP contribution in [-0.4, -0.2) is 5.78 Å². The lowest BCUT2D eigenvalue weighted by Crippen LogP contribution is -2.09. The Bertz CT molecular complexity index is 775. The summed E-state index contributed by atoms with van der Waals surface area (Å²) in [6.07, 6.45) is 21.4. The van der Waals surface area contributed by atoms with Crippen LogP contribution in [0.2, 0.25) is 0 Å². The third-order valence-corrected chi connectivity index (χ3v) is 7.00. The van der Waals surface area contributed by atoms with Crippen molar-refractivity contribution in [2.75, 3.05) is 0 Å². The Morgan fingerprint density at radius 3 is 1.90 bits per heavy atom. The highest BCUT2D eigenvalue weighted by Crippen LogP contribution is 2.35. The molecular formula is C29H42O. The lowest BCUT2D eigenvalue weighted by Gasteiger charge is -2.08. The van der Waals surface area contributed by atoms with E-state index in [0.717, 1.165) is 23.8 Å². The van der Waals surface area contributed by atoms with E-state index in [1.807, 2.05) is 0 Å². The van der Waals surface area contributed by atoms with E-state index in [-0.39, 0.29) is 5.92 Å². The summed E-state index contributed by atoms with van der Waals surface area (Å²) in [5.41, 5.74) is 2.29. The average molecular weight is 407 g/mol. The smallest absolute Gasteiger partial charge is 0.167 e. The van der Waals surface area contributed by atoms with E-state index >= 15 is 0 Å². The molecule has 1 atom stereocenters. The largest absolute Gasteiger partial charge is 0.294 e. The van der Waals surface area contributed by atoms with Crippen LogP contribution in [0.3, 0.4) is 0 Å². The molecule has 0 aromatic heterocycles. The van der Waals surface area contributed by atoms with E-state index in [4.69, 9.17) is 0 Å². The second-order valence-electron chi connectivity index (χ2n) is 9.47. The topological polar surface area (TPSA) is 17.1 Å². The molecular weight excluding hydrogens is 364 g/mol. The molecule has 2 aromatic rings. The quantitative estimate of drug-likeness (QED) is 0.269. The van der Waals surface area contributed by atoms with E-state index in [1.165, 1.54) is 101 Å². The van der Waals surface area contributed by atoms with Crippen LogP contribution in [0.5, 0.6) is 0 Å². The summed E-state index contributed by atoms with van der Waals surface area (Å²) in [7, 11) is 0. The number of benzene rings is 2. The van der Waals surface area contributed by atoms with Gasteiger partial charge in [0.1, 0.15) is 0 Å². The molecule has 2 aromatic carbocycles. The molecule has 0 heterocycles. The normalized spacial score (nSPS) is 15.8. The van der Waals surface area contributed by atoms with Gasteiger partial charge in [-0.1, -0.05) is 133 Å². The van der Waals surface area contributed by atoms with Crippen molar-refractivity contribution in [1.29, 1.82) is 0 Å². The summed E-state index contributed by atoms with van der Waals surface area (Å²) in [6.45, 7) is 2.29. The van der Waals surface area contributed by atoms with Gasteiger partial charge in [0.15, 0.2) is 5.78 Å². The number of ketones is 1. The van der Waals surface area contributed by atoms with Gasteiger partial charge in [-0.05, 0) is 29.2 Å². The van der Waals surface area contributed by atoms with Gasteiger partial charge in [-0.3, -0.25) is 4.79 Å². The summed E-state index contributed by atoms with van der Waals surface area (Å²) in [4.78, 5) is 13.0. The van der Waals surface area contributed by atoms with Gasteiger partial charge in [0.2, 0.25) is 0 Å². The number of unbranched alkanes of at least 4 members (excludes halogenated alkanes) is 13. The molecule has 0 fully saturated rings. The molecule has 0 amide bonds. The molecule has 0 aliphatic heterocycles. The highest BCUT2D eigenvalue weighted by atomic mass is 16.1. The molecule has 0 saturated heterocycles. The Morgan fingerprint density at radius 1 is 0.700 bits per heavy atom. The standard InChI is InChI=1S/C29H42O/c1-2-3-4-5-6-7-8-9-10-11-12-13-14-15-19-26-23-25-22-21-24-18-16-17-20-27(24)28(25)29(26)30/h16-18,20-22,26H,2-15,19,23H2,1H3. The fraction of sp³-hybridized carbons (Fsp3) is 0.621. The lowest BCUT2D eigenvalue weighted by molar-refractivity contribution is 0.0930. The van der Waals surface area contributed by atoms with Gasteiger partial charge >= 0.3 is 0 Å². The first-order valence-corrected chi connectivity index (χ1v) is 12.9. The predicted molar refractivity (Wildman–Crippen MR) is 130 cm³/mol. The maximum absolute atomic E-state index is 13.0. The minimum Gasteiger partial charge on any atom is -0.294 e. The molecule has 1 aliphatic rings. The van der Waals surface area contributed by atoms with Gasteiger partial charge in [-0.15, -0.1) is 0 Å². The number of hydrogen-bond donors (Lipinski definition) is 0. The van der Waals surface area contributed by atoms with Crippen molar-refractivity contribution in [3.8, 4) is 0 Å². The number of rotatable bonds is 15.